The Morgan fingerprint density at radius 3 is 2.53 bits per heavy atom. The topological polar surface area (TPSA) is 80.4 Å². The van der Waals surface area contributed by atoms with Crippen molar-refractivity contribution in [3.8, 4) is 0 Å². The van der Waals surface area contributed by atoms with E-state index < -0.39 is 16.3 Å². The van der Waals surface area contributed by atoms with Crippen LogP contribution in [0.3, 0.4) is 0 Å². The fraction of sp³-hybridized carbons (Fsp3) is 0.364. The van der Waals surface area contributed by atoms with Gasteiger partial charge in [0.25, 0.3) is 5.69 Å². The molecular weight excluding hydrogens is 246 g/mol. The molecule has 92 valence electrons. The monoisotopic (exact) mass is 257 g/mol. The summed E-state index contributed by atoms with van der Waals surface area (Å²) >= 11 is 5.77. The number of carbonyl (C=O) groups is 1. The van der Waals surface area contributed by atoms with Crippen molar-refractivity contribution in [2.75, 3.05) is 5.88 Å². The first-order valence-electron chi connectivity index (χ1n) is 4.88. The van der Waals surface area contributed by atoms with E-state index in [1.54, 1.807) is 13.8 Å². The number of benzene rings is 1. The van der Waals surface area contributed by atoms with Crippen LogP contribution in [0.15, 0.2) is 18.2 Å². The van der Waals surface area contributed by atoms with E-state index in [1.807, 2.05) is 0 Å². The molecule has 1 N–H and O–H groups in total. The van der Waals surface area contributed by atoms with Gasteiger partial charge in [0.15, 0.2) is 0 Å². The second-order valence-corrected chi connectivity index (χ2v) is 4.58. The molecule has 6 heteroatoms. The first kappa shape index (κ1) is 13.4. The number of nitro benzene ring substituents is 1. The molecule has 0 saturated carbocycles. The van der Waals surface area contributed by atoms with Gasteiger partial charge in [0.05, 0.1) is 10.5 Å². The average molecular weight is 258 g/mol. The van der Waals surface area contributed by atoms with Crippen LogP contribution in [-0.2, 0) is 5.41 Å². The van der Waals surface area contributed by atoms with Crippen molar-refractivity contribution in [2.45, 2.75) is 19.3 Å². The molecule has 0 radical (unpaired) electrons. The molecule has 1 aromatic rings. The second kappa shape index (κ2) is 4.71. The summed E-state index contributed by atoms with van der Waals surface area (Å²) in [5.41, 5.74) is -0.468. The molecule has 0 atom stereocenters. The van der Waals surface area contributed by atoms with Crippen LogP contribution in [0.4, 0.5) is 5.69 Å². The number of aromatic carboxylic acids is 1. The van der Waals surface area contributed by atoms with Gasteiger partial charge in [0.2, 0.25) is 0 Å². The van der Waals surface area contributed by atoms with Gasteiger partial charge in [-0.25, -0.2) is 4.79 Å². The van der Waals surface area contributed by atoms with Crippen LogP contribution in [0.1, 0.15) is 29.8 Å². The number of alkyl halides is 1. The number of nitrogens with zero attached hydrogens (tertiary/aromatic N) is 1. The summed E-state index contributed by atoms with van der Waals surface area (Å²) in [4.78, 5) is 21.1. The van der Waals surface area contributed by atoms with Crippen LogP contribution in [0.25, 0.3) is 0 Å². The van der Waals surface area contributed by atoms with Gasteiger partial charge in [-0.1, -0.05) is 19.9 Å². The number of nitro groups is 1. The molecule has 0 bridgehead atoms. The molecule has 0 aliphatic rings. The van der Waals surface area contributed by atoms with Crippen molar-refractivity contribution in [1.29, 1.82) is 0 Å². The minimum Gasteiger partial charge on any atom is -0.478 e. The lowest BCUT2D eigenvalue weighted by atomic mass is 9.85. The Labute approximate surface area is 103 Å². The Morgan fingerprint density at radius 2 is 2.12 bits per heavy atom. The van der Waals surface area contributed by atoms with Gasteiger partial charge in [-0.2, -0.15) is 0 Å². The highest BCUT2D eigenvalue weighted by Gasteiger charge is 2.29. The van der Waals surface area contributed by atoms with Crippen molar-refractivity contribution < 1.29 is 14.8 Å². The zero-order valence-corrected chi connectivity index (χ0v) is 10.2. The number of carboxylic acids is 1. The van der Waals surface area contributed by atoms with E-state index in [4.69, 9.17) is 16.7 Å². The molecule has 0 spiro atoms. The second-order valence-electron chi connectivity index (χ2n) is 4.31. The Bertz CT molecular complexity index is 471. The summed E-state index contributed by atoms with van der Waals surface area (Å²) in [6.07, 6.45) is 0. The van der Waals surface area contributed by atoms with Crippen LogP contribution in [0.2, 0.25) is 0 Å². The predicted molar refractivity (Wildman–Crippen MR) is 63.8 cm³/mol. The Balaban J connectivity index is 3.42. The number of carboxylic acid groups (broad SMARTS) is 1. The molecule has 5 nitrogen and oxygen atoms in total. The van der Waals surface area contributed by atoms with Gasteiger partial charge in [-0.05, 0) is 6.07 Å². The summed E-state index contributed by atoms with van der Waals surface area (Å²) in [7, 11) is 0. The van der Waals surface area contributed by atoms with E-state index >= 15 is 0 Å². The number of rotatable bonds is 4. The van der Waals surface area contributed by atoms with Gasteiger partial charge < -0.3 is 5.11 Å². The highest BCUT2D eigenvalue weighted by Crippen LogP contribution is 2.33. The van der Waals surface area contributed by atoms with Crippen LogP contribution in [0.5, 0.6) is 0 Å². The summed E-state index contributed by atoms with van der Waals surface area (Å²) in [5, 5.41) is 19.7. The molecule has 0 aromatic heterocycles. The van der Waals surface area contributed by atoms with E-state index in [2.05, 4.69) is 0 Å². The van der Waals surface area contributed by atoms with Crippen molar-refractivity contribution in [3.63, 3.8) is 0 Å². The van der Waals surface area contributed by atoms with Gasteiger partial charge in [-0.3, -0.25) is 10.1 Å². The maximum atomic E-state index is 10.9. The Hall–Kier alpha value is -1.62. The molecular formula is C11H12ClNO4. The molecule has 0 aliphatic carbocycles. The van der Waals surface area contributed by atoms with Crippen LogP contribution >= 0.6 is 11.6 Å². The molecule has 0 saturated heterocycles. The zero-order valence-electron chi connectivity index (χ0n) is 9.44. The van der Waals surface area contributed by atoms with Gasteiger partial charge in [0, 0.05) is 22.9 Å². The lowest BCUT2D eigenvalue weighted by molar-refractivity contribution is -0.386. The fourth-order valence-corrected chi connectivity index (χ4v) is 1.60. The average Bonchev–Trinajstić information content (AvgIpc) is 2.28. The first-order valence-corrected chi connectivity index (χ1v) is 5.41. The summed E-state index contributed by atoms with van der Waals surface area (Å²) in [6.45, 7) is 3.53. The first-order chi connectivity index (χ1) is 7.79. The normalized spacial score (nSPS) is 11.2. The summed E-state index contributed by atoms with van der Waals surface area (Å²) < 4.78 is 0. The highest BCUT2D eigenvalue weighted by molar-refractivity contribution is 6.18. The third-order valence-corrected chi connectivity index (χ3v) is 3.17. The summed E-state index contributed by atoms with van der Waals surface area (Å²) in [5.74, 6) is -0.983. The molecule has 0 fully saturated rings. The van der Waals surface area contributed by atoms with Gasteiger partial charge in [-0.15, -0.1) is 11.6 Å². The van der Waals surface area contributed by atoms with Gasteiger partial charge >= 0.3 is 5.97 Å². The zero-order chi connectivity index (χ0) is 13.2. The Morgan fingerprint density at radius 1 is 1.53 bits per heavy atom. The molecule has 17 heavy (non-hydrogen) atoms. The minimum absolute atomic E-state index is 0.106. The molecule has 0 aliphatic heterocycles. The molecule has 0 heterocycles. The van der Waals surface area contributed by atoms with Gasteiger partial charge in [0.1, 0.15) is 0 Å². The third kappa shape index (κ3) is 2.74. The molecule has 1 aromatic carbocycles. The van der Waals surface area contributed by atoms with Crippen molar-refractivity contribution in [3.05, 3.63) is 39.4 Å². The largest absolute Gasteiger partial charge is 0.478 e. The van der Waals surface area contributed by atoms with E-state index in [9.17, 15) is 14.9 Å². The van der Waals surface area contributed by atoms with E-state index in [0.717, 1.165) is 6.07 Å². The smallest absolute Gasteiger partial charge is 0.335 e. The highest BCUT2D eigenvalue weighted by atomic mass is 35.5. The third-order valence-electron chi connectivity index (χ3n) is 2.50. The summed E-state index contributed by atoms with van der Waals surface area (Å²) in [6, 6.07) is 3.86. The molecule has 0 amide bonds. The maximum Gasteiger partial charge on any atom is 0.335 e. The van der Waals surface area contributed by atoms with Crippen LogP contribution in [-0.4, -0.2) is 21.9 Å². The molecule has 0 unspecified atom stereocenters. The standard InChI is InChI=1S/C11H12ClNO4/c1-11(2,6-12)8-4-3-7(10(14)15)5-9(8)13(16)17/h3-5H,6H2,1-2H3,(H,14,15). The fourth-order valence-electron chi connectivity index (χ4n) is 1.46. The van der Waals surface area contributed by atoms with E-state index in [0.29, 0.717) is 5.56 Å². The quantitative estimate of drug-likeness (QED) is 0.511. The van der Waals surface area contributed by atoms with Crippen molar-refractivity contribution >= 4 is 23.3 Å². The molecule has 1 rings (SSSR count). The van der Waals surface area contributed by atoms with Crippen molar-refractivity contribution in [1.82, 2.24) is 0 Å². The maximum absolute atomic E-state index is 10.9. The number of halogens is 1. The predicted octanol–water partition coefficient (Wildman–Crippen LogP) is 2.81. The number of hydrogen-bond acceptors (Lipinski definition) is 3. The van der Waals surface area contributed by atoms with Crippen molar-refractivity contribution in [2.24, 2.45) is 0 Å². The lowest BCUT2D eigenvalue weighted by Gasteiger charge is -2.21. The van der Waals surface area contributed by atoms with Crippen LogP contribution in [0, 0.1) is 10.1 Å². The Kier molecular flexibility index (Phi) is 3.72. The van der Waals surface area contributed by atoms with E-state index in [1.165, 1.54) is 12.1 Å². The SMILES string of the molecule is CC(C)(CCl)c1ccc(C(=O)O)cc1[N+](=O)[O-]. The minimum atomic E-state index is -1.19. The lowest BCUT2D eigenvalue weighted by Crippen LogP contribution is -2.21. The van der Waals surface area contributed by atoms with E-state index in [-0.39, 0.29) is 17.1 Å². The number of hydrogen-bond donors (Lipinski definition) is 1. The van der Waals surface area contributed by atoms with Crippen LogP contribution < -0.4 is 0 Å².